The summed E-state index contributed by atoms with van der Waals surface area (Å²) >= 11 is 6.22. The number of benzene rings is 2. The molecule has 2 aromatic carbocycles. The first-order chi connectivity index (χ1) is 15.6. The van der Waals surface area contributed by atoms with Gasteiger partial charge in [0.15, 0.2) is 11.6 Å². The van der Waals surface area contributed by atoms with Crippen LogP contribution in [0, 0.1) is 11.6 Å². The lowest BCUT2D eigenvalue weighted by molar-refractivity contribution is -0.145. The molecule has 33 heavy (non-hydrogen) atoms. The summed E-state index contributed by atoms with van der Waals surface area (Å²) in [7, 11) is 0. The second kappa shape index (κ2) is 10.6. The molecule has 4 rings (SSSR count). The van der Waals surface area contributed by atoms with Crippen LogP contribution in [0.3, 0.4) is 0 Å². The fraction of sp³-hybridized carbons (Fsp3) is 0.208. The van der Waals surface area contributed by atoms with Gasteiger partial charge in [0.25, 0.3) is 0 Å². The summed E-state index contributed by atoms with van der Waals surface area (Å²) < 4.78 is 33.3. The molecule has 0 aliphatic rings. The number of nitrogens with zero attached hydrogens (tertiary/aromatic N) is 2. The third kappa shape index (κ3) is 5.90. The van der Waals surface area contributed by atoms with Gasteiger partial charge in [0.2, 0.25) is 0 Å². The SMILES string of the molecule is CC(=O)O[C@H](C)c1ccc2ccc(Br)c(F)c2n1.CC(O)c1ccc2ccc(Br)c(F)c2n1. The van der Waals surface area contributed by atoms with Gasteiger partial charge in [0, 0.05) is 17.7 Å². The van der Waals surface area contributed by atoms with Crippen molar-refractivity contribution in [2.75, 3.05) is 0 Å². The summed E-state index contributed by atoms with van der Waals surface area (Å²) in [5, 5.41) is 10.8. The van der Waals surface area contributed by atoms with Gasteiger partial charge in [-0.05, 0) is 70.0 Å². The Hall–Kier alpha value is -2.49. The smallest absolute Gasteiger partial charge is 0.303 e. The van der Waals surface area contributed by atoms with Crippen molar-refractivity contribution < 1.29 is 23.4 Å². The molecule has 0 radical (unpaired) electrons. The van der Waals surface area contributed by atoms with E-state index in [1.165, 1.54) is 6.92 Å². The summed E-state index contributed by atoms with van der Waals surface area (Å²) in [6, 6.07) is 13.8. The number of carbonyl (C=O) groups excluding carboxylic acids is 1. The van der Waals surface area contributed by atoms with Crippen molar-refractivity contribution in [2.45, 2.75) is 33.0 Å². The van der Waals surface area contributed by atoms with Gasteiger partial charge in [0.05, 0.1) is 26.4 Å². The first-order valence-electron chi connectivity index (χ1n) is 9.93. The lowest BCUT2D eigenvalue weighted by Gasteiger charge is -2.12. The van der Waals surface area contributed by atoms with Gasteiger partial charge in [-0.2, -0.15) is 0 Å². The van der Waals surface area contributed by atoms with Crippen LogP contribution in [0.1, 0.15) is 44.4 Å². The summed E-state index contributed by atoms with van der Waals surface area (Å²) in [6.45, 7) is 4.63. The topological polar surface area (TPSA) is 72.3 Å². The highest BCUT2D eigenvalue weighted by atomic mass is 79.9. The van der Waals surface area contributed by atoms with E-state index in [2.05, 4.69) is 41.8 Å². The number of aliphatic hydroxyl groups is 1. The number of ether oxygens (including phenoxy) is 1. The molecular formula is C24H20Br2F2N2O3. The maximum atomic E-state index is 13.9. The van der Waals surface area contributed by atoms with Crippen LogP contribution in [0.2, 0.25) is 0 Å². The molecule has 5 nitrogen and oxygen atoms in total. The van der Waals surface area contributed by atoms with E-state index in [-0.39, 0.29) is 17.0 Å². The van der Waals surface area contributed by atoms with Crippen LogP contribution in [0.15, 0.2) is 57.5 Å². The van der Waals surface area contributed by atoms with E-state index in [1.54, 1.807) is 62.4 Å². The molecule has 1 N–H and O–H groups in total. The molecule has 0 spiro atoms. The Balaban J connectivity index is 0.000000189. The molecule has 0 saturated heterocycles. The van der Waals surface area contributed by atoms with Gasteiger partial charge >= 0.3 is 5.97 Å². The Morgan fingerprint density at radius 1 is 0.848 bits per heavy atom. The molecule has 4 aromatic rings. The van der Waals surface area contributed by atoms with Crippen LogP contribution >= 0.6 is 31.9 Å². The van der Waals surface area contributed by atoms with Gasteiger partial charge in [0.1, 0.15) is 17.1 Å². The second-order valence-electron chi connectivity index (χ2n) is 7.27. The maximum Gasteiger partial charge on any atom is 0.303 e. The molecule has 0 amide bonds. The van der Waals surface area contributed by atoms with Crippen molar-refractivity contribution in [1.29, 1.82) is 0 Å². The predicted molar refractivity (Wildman–Crippen MR) is 130 cm³/mol. The Morgan fingerprint density at radius 3 is 1.73 bits per heavy atom. The van der Waals surface area contributed by atoms with E-state index in [9.17, 15) is 18.7 Å². The quantitative estimate of drug-likeness (QED) is 0.265. The molecular weight excluding hydrogens is 562 g/mol. The minimum atomic E-state index is -0.687. The first-order valence-corrected chi connectivity index (χ1v) is 11.5. The third-order valence-corrected chi connectivity index (χ3v) is 5.96. The standard InChI is InChI=1S/C13H11BrFNO2.C11H9BrFNO/c1-7(18-8(2)17)11-6-4-9-3-5-10(14)12(15)13(9)16-11;1-6(15)9-5-3-7-2-4-8(12)10(13)11(7)14-9/h3-7H,1-2H3;2-6,15H,1H3/t7-;/m1./s1. The molecule has 9 heteroatoms. The zero-order valence-electron chi connectivity index (χ0n) is 17.9. The number of esters is 1. The van der Waals surface area contributed by atoms with Crippen molar-refractivity contribution in [1.82, 2.24) is 9.97 Å². The maximum absolute atomic E-state index is 13.9. The van der Waals surface area contributed by atoms with Gasteiger partial charge in [-0.15, -0.1) is 0 Å². The molecule has 0 fully saturated rings. The lowest BCUT2D eigenvalue weighted by atomic mass is 10.1. The number of carbonyl (C=O) groups is 1. The van der Waals surface area contributed by atoms with Gasteiger partial charge in [-0.25, -0.2) is 18.7 Å². The molecule has 172 valence electrons. The number of aliphatic hydroxyl groups excluding tert-OH is 1. The zero-order valence-corrected chi connectivity index (χ0v) is 21.1. The number of halogens is 4. The van der Waals surface area contributed by atoms with Crippen molar-refractivity contribution in [3.8, 4) is 0 Å². The van der Waals surface area contributed by atoms with Crippen LogP contribution < -0.4 is 0 Å². The Morgan fingerprint density at radius 2 is 1.27 bits per heavy atom. The van der Waals surface area contributed by atoms with Crippen molar-refractivity contribution >= 4 is 59.6 Å². The van der Waals surface area contributed by atoms with Crippen molar-refractivity contribution in [2.24, 2.45) is 0 Å². The zero-order chi connectivity index (χ0) is 24.3. The Labute approximate surface area is 206 Å². The van der Waals surface area contributed by atoms with Gasteiger partial charge in [-0.1, -0.05) is 24.3 Å². The summed E-state index contributed by atoms with van der Waals surface area (Å²) in [6.07, 6.45) is -1.18. The number of pyridine rings is 2. The van der Waals surface area contributed by atoms with Crippen LogP contribution in [0.4, 0.5) is 8.78 Å². The molecule has 0 aliphatic heterocycles. The van der Waals surface area contributed by atoms with E-state index in [1.807, 2.05) is 0 Å². The van der Waals surface area contributed by atoms with E-state index in [0.29, 0.717) is 25.7 Å². The fourth-order valence-corrected chi connectivity index (χ4v) is 3.70. The van der Waals surface area contributed by atoms with E-state index >= 15 is 0 Å². The lowest BCUT2D eigenvalue weighted by Crippen LogP contribution is -2.06. The molecule has 0 bridgehead atoms. The highest BCUT2D eigenvalue weighted by molar-refractivity contribution is 9.10. The molecule has 0 saturated carbocycles. The van der Waals surface area contributed by atoms with E-state index < -0.39 is 23.8 Å². The van der Waals surface area contributed by atoms with E-state index in [0.717, 1.165) is 5.39 Å². The van der Waals surface area contributed by atoms with Crippen LogP contribution in [0.5, 0.6) is 0 Å². The van der Waals surface area contributed by atoms with Crippen LogP contribution in [0.25, 0.3) is 21.8 Å². The number of aromatic nitrogens is 2. The molecule has 0 aliphatic carbocycles. The van der Waals surface area contributed by atoms with Crippen molar-refractivity contribution in [3.05, 3.63) is 80.5 Å². The van der Waals surface area contributed by atoms with Gasteiger partial charge in [-0.3, -0.25) is 4.79 Å². The third-order valence-electron chi connectivity index (χ3n) is 4.74. The highest BCUT2D eigenvalue weighted by Gasteiger charge is 2.13. The number of hydrogen-bond acceptors (Lipinski definition) is 5. The van der Waals surface area contributed by atoms with Crippen molar-refractivity contribution in [3.63, 3.8) is 0 Å². The summed E-state index contributed by atoms with van der Waals surface area (Å²) in [5.41, 5.74) is 1.54. The number of rotatable bonds is 3. The molecule has 2 atom stereocenters. The number of hydrogen-bond donors (Lipinski definition) is 1. The summed E-state index contributed by atoms with van der Waals surface area (Å²) in [5.74, 6) is -1.20. The molecule has 2 aromatic heterocycles. The summed E-state index contributed by atoms with van der Waals surface area (Å²) in [4.78, 5) is 19.2. The largest absolute Gasteiger partial charge is 0.456 e. The monoisotopic (exact) mass is 580 g/mol. The molecule has 2 heterocycles. The first kappa shape index (κ1) is 25.1. The minimum Gasteiger partial charge on any atom is -0.456 e. The van der Waals surface area contributed by atoms with Gasteiger partial charge < -0.3 is 9.84 Å². The average molecular weight is 582 g/mol. The highest BCUT2D eigenvalue weighted by Crippen LogP contribution is 2.26. The normalized spacial score (nSPS) is 12.7. The Kier molecular flexibility index (Phi) is 8.10. The second-order valence-corrected chi connectivity index (χ2v) is 8.97. The minimum absolute atomic E-state index is 0.265. The molecule has 1 unspecified atom stereocenters. The Bertz CT molecular complexity index is 1330. The predicted octanol–water partition coefficient (Wildman–Crippen LogP) is 6.95. The van der Waals surface area contributed by atoms with Crippen LogP contribution in [-0.4, -0.2) is 21.0 Å². The number of fused-ring (bicyclic) bond motifs is 2. The average Bonchev–Trinajstić information content (AvgIpc) is 2.78. The fourth-order valence-electron chi connectivity index (χ4n) is 3.06. The van der Waals surface area contributed by atoms with E-state index in [4.69, 9.17) is 4.74 Å². The van der Waals surface area contributed by atoms with Crippen LogP contribution in [-0.2, 0) is 9.53 Å².